The van der Waals surface area contributed by atoms with Crippen molar-refractivity contribution in [2.24, 2.45) is 0 Å². The van der Waals surface area contributed by atoms with Crippen LogP contribution in [-0.2, 0) is 14.3 Å². The highest BCUT2D eigenvalue weighted by molar-refractivity contribution is 8.00. The van der Waals surface area contributed by atoms with Crippen LogP contribution in [0.15, 0.2) is 156 Å². The Morgan fingerprint density at radius 2 is 1.16 bits per heavy atom. The summed E-state index contributed by atoms with van der Waals surface area (Å²) in [5.41, 5.74) is -2.16. The van der Waals surface area contributed by atoms with Crippen molar-refractivity contribution in [2.45, 2.75) is 19.6 Å². The standard InChI is InChI=1S/C22H14Cl2N2O4S.C21H12Cl2N2O4S/c1-30-22(29)25-16-10-20(27)26(21(16)28)17-11-19(15(24)9-14(17)23)31-18-8-4-6-12-5-2-3-7-13(12)18;22-13-8-14(23)18(30-17-7-3-5-11-4-1-2-6-12(11)17)10-16(13)25-19(26)9-15(20(27)28)24-21(25)29/h2-11H,1H3,(H,25,29);1-10H,(H,24,29)(H,27,28). The van der Waals surface area contributed by atoms with E-state index in [4.69, 9.17) is 51.5 Å². The molecule has 2 heterocycles. The van der Waals surface area contributed by atoms with Gasteiger partial charge in [0.25, 0.3) is 17.4 Å². The van der Waals surface area contributed by atoms with E-state index < -0.39 is 40.8 Å². The number of carboxylic acids is 1. The molecule has 306 valence electrons. The van der Waals surface area contributed by atoms with E-state index in [2.05, 4.69) is 15.0 Å². The molecule has 1 aliphatic rings. The van der Waals surface area contributed by atoms with Gasteiger partial charge in [0.05, 0.1) is 38.6 Å². The molecule has 61 heavy (non-hydrogen) atoms. The van der Waals surface area contributed by atoms with Gasteiger partial charge in [0, 0.05) is 31.7 Å². The summed E-state index contributed by atoms with van der Waals surface area (Å²) in [6.07, 6.45) is 0.158. The molecule has 0 saturated carbocycles. The number of carbonyl (C=O) groups excluding carboxylic acids is 3. The first-order valence-electron chi connectivity index (χ1n) is 17.6. The molecule has 3 N–H and O–H groups in total. The summed E-state index contributed by atoms with van der Waals surface area (Å²) in [4.78, 5) is 78.7. The minimum Gasteiger partial charge on any atom is -0.477 e. The van der Waals surface area contributed by atoms with Gasteiger partial charge in [0.2, 0.25) is 0 Å². The number of aromatic carboxylic acids is 1. The Labute approximate surface area is 373 Å². The second-order valence-corrected chi connectivity index (χ2v) is 16.5. The molecule has 0 aliphatic carbocycles. The average molecular weight is 933 g/mol. The number of imide groups is 1. The molecule has 1 aromatic heterocycles. The van der Waals surface area contributed by atoms with E-state index in [1.165, 1.54) is 41.7 Å². The van der Waals surface area contributed by atoms with Gasteiger partial charge in [0.15, 0.2) is 0 Å². The molecule has 3 amide bonds. The predicted molar refractivity (Wildman–Crippen MR) is 238 cm³/mol. The van der Waals surface area contributed by atoms with Crippen molar-refractivity contribution >= 4 is 121 Å². The molecule has 1 aliphatic heterocycles. The molecule has 0 fully saturated rings. The highest BCUT2D eigenvalue weighted by atomic mass is 35.5. The highest BCUT2D eigenvalue weighted by Crippen LogP contribution is 2.43. The number of fused-ring (bicyclic) bond motifs is 2. The van der Waals surface area contributed by atoms with Crippen molar-refractivity contribution in [1.82, 2.24) is 14.9 Å². The normalized spacial score (nSPS) is 12.3. The van der Waals surface area contributed by atoms with Crippen LogP contribution in [-0.4, -0.2) is 45.6 Å². The van der Waals surface area contributed by atoms with Gasteiger partial charge in [-0.25, -0.2) is 23.9 Å². The number of nitrogens with one attached hydrogen (secondary N) is 2. The van der Waals surface area contributed by atoms with E-state index in [0.717, 1.165) is 60.1 Å². The smallest absolute Gasteiger partial charge is 0.411 e. The molecule has 6 aromatic carbocycles. The number of aromatic nitrogens is 2. The largest absolute Gasteiger partial charge is 0.477 e. The van der Waals surface area contributed by atoms with Crippen LogP contribution in [0.2, 0.25) is 20.1 Å². The predicted octanol–water partition coefficient (Wildman–Crippen LogP) is 10.2. The topological polar surface area (TPSA) is 168 Å². The van der Waals surface area contributed by atoms with E-state index >= 15 is 0 Å². The molecule has 0 atom stereocenters. The molecule has 0 radical (unpaired) electrons. The van der Waals surface area contributed by atoms with Crippen molar-refractivity contribution < 1.29 is 29.0 Å². The monoisotopic (exact) mass is 930 g/mol. The van der Waals surface area contributed by atoms with Crippen LogP contribution in [0.1, 0.15) is 10.5 Å². The zero-order valence-corrected chi connectivity index (χ0v) is 35.7. The maximum absolute atomic E-state index is 12.7. The van der Waals surface area contributed by atoms with Gasteiger partial charge in [-0.05, 0) is 57.9 Å². The number of hydrogen-bond donors (Lipinski definition) is 3. The van der Waals surface area contributed by atoms with Gasteiger partial charge in [-0.1, -0.05) is 143 Å². The van der Waals surface area contributed by atoms with Gasteiger partial charge in [-0.3, -0.25) is 19.7 Å². The SMILES string of the molecule is COC(=O)NC1=CC(=O)N(c2cc(Sc3cccc4ccccc34)c(Cl)cc2Cl)C1=O.O=C(O)c1cc(=O)n(-c2cc(Sc3cccc4ccccc34)c(Cl)cc2Cl)c(=O)[nH]1. The van der Waals surface area contributed by atoms with Crippen LogP contribution >= 0.6 is 69.9 Å². The van der Waals surface area contributed by atoms with Gasteiger partial charge < -0.3 is 14.8 Å². The number of nitrogens with zero attached hydrogens (tertiary/aromatic N) is 2. The number of hydrogen-bond acceptors (Lipinski definition) is 9. The van der Waals surface area contributed by atoms with E-state index in [9.17, 15) is 28.8 Å². The molecule has 8 rings (SSSR count). The lowest BCUT2D eigenvalue weighted by Crippen LogP contribution is -2.35. The first-order chi connectivity index (χ1) is 29.2. The van der Waals surface area contributed by atoms with Crippen molar-refractivity contribution in [2.75, 3.05) is 12.0 Å². The summed E-state index contributed by atoms with van der Waals surface area (Å²) in [7, 11) is 1.15. The summed E-state index contributed by atoms with van der Waals surface area (Å²) >= 11 is 28.1. The summed E-state index contributed by atoms with van der Waals surface area (Å²) < 4.78 is 5.25. The Morgan fingerprint density at radius 1 is 0.656 bits per heavy atom. The molecule has 12 nitrogen and oxygen atoms in total. The summed E-state index contributed by atoms with van der Waals surface area (Å²) in [6.45, 7) is 0. The second kappa shape index (κ2) is 18.3. The molecule has 0 bridgehead atoms. The molecule has 0 unspecified atom stereocenters. The van der Waals surface area contributed by atoms with E-state index in [-0.39, 0.29) is 27.1 Å². The number of ether oxygens (including phenoxy) is 1. The third-order valence-electron chi connectivity index (χ3n) is 8.93. The minimum absolute atomic E-state index is 0.0814. The number of benzene rings is 6. The number of anilines is 1. The Kier molecular flexibility index (Phi) is 12.9. The summed E-state index contributed by atoms with van der Waals surface area (Å²) in [5.74, 6) is -2.77. The zero-order chi connectivity index (χ0) is 43.5. The fraction of sp³-hybridized carbons (Fsp3) is 0.0233. The number of carboxylic acid groups (broad SMARTS) is 1. The zero-order valence-electron chi connectivity index (χ0n) is 31.1. The van der Waals surface area contributed by atoms with Gasteiger partial charge >= 0.3 is 17.8 Å². The molecule has 7 aromatic rings. The minimum atomic E-state index is -1.41. The number of H-pyrrole nitrogens is 1. The summed E-state index contributed by atoms with van der Waals surface area (Å²) in [5, 5.41) is 16.4. The quantitative estimate of drug-likeness (QED) is 0.125. The van der Waals surface area contributed by atoms with E-state index in [1.54, 1.807) is 6.07 Å². The van der Waals surface area contributed by atoms with Gasteiger partial charge in [-0.2, -0.15) is 0 Å². The van der Waals surface area contributed by atoms with Crippen LogP contribution < -0.4 is 21.5 Å². The maximum atomic E-state index is 12.7. The lowest BCUT2D eigenvalue weighted by molar-refractivity contribution is -0.120. The maximum Gasteiger partial charge on any atom is 0.411 e. The number of carbonyl (C=O) groups is 4. The molecule has 18 heteroatoms. The lowest BCUT2D eigenvalue weighted by atomic mass is 10.1. The number of methoxy groups -OCH3 is 1. The number of aromatic amines is 1. The fourth-order valence-corrected chi connectivity index (χ4v) is 9.31. The van der Waals surface area contributed by atoms with Crippen LogP contribution in [0.5, 0.6) is 0 Å². The lowest BCUT2D eigenvalue weighted by Gasteiger charge is -2.18. The van der Waals surface area contributed by atoms with Crippen molar-refractivity contribution in [3.05, 3.63) is 174 Å². The Bertz CT molecular complexity index is 3080. The number of rotatable bonds is 8. The van der Waals surface area contributed by atoms with Crippen LogP contribution in [0.4, 0.5) is 10.5 Å². The number of amides is 3. The molecule has 0 spiro atoms. The Morgan fingerprint density at radius 3 is 1.69 bits per heavy atom. The van der Waals surface area contributed by atoms with Crippen molar-refractivity contribution in [3.63, 3.8) is 0 Å². The first kappa shape index (κ1) is 43.1. The fourth-order valence-electron chi connectivity index (χ4n) is 6.13. The Balaban J connectivity index is 0.000000184. The molecular weight excluding hydrogens is 906 g/mol. The third-order valence-corrected chi connectivity index (χ3v) is 12.7. The molecule has 0 saturated heterocycles. The first-order valence-corrected chi connectivity index (χ1v) is 20.7. The third kappa shape index (κ3) is 9.20. The van der Waals surface area contributed by atoms with E-state index in [0.29, 0.717) is 19.8 Å². The van der Waals surface area contributed by atoms with Gasteiger partial charge in [-0.15, -0.1) is 0 Å². The van der Waals surface area contributed by atoms with Crippen LogP contribution in [0.25, 0.3) is 27.2 Å². The molecular formula is C43H26Cl4N4O8S2. The highest BCUT2D eigenvalue weighted by Gasteiger charge is 2.35. The number of alkyl carbamates (subject to hydrolysis) is 1. The van der Waals surface area contributed by atoms with Crippen LogP contribution in [0.3, 0.4) is 0 Å². The summed E-state index contributed by atoms with van der Waals surface area (Å²) in [6, 6.07) is 34.5. The van der Waals surface area contributed by atoms with Crippen molar-refractivity contribution in [3.8, 4) is 5.69 Å². The van der Waals surface area contributed by atoms with E-state index in [1.807, 2.05) is 84.9 Å². The Hall–Kier alpha value is -6.00. The van der Waals surface area contributed by atoms with Gasteiger partial charge in [0.1, 0.15) is 11.4 Å². The van der Waals surface area contributed by atoms with Crippen LogP contribution in [0, 0.1) is 0 Å². The average Bonchev–Trinajstić information content (AvgIpc) is 3.51. The second-order valence-electron chi connectivity index (χ2n) is 12.7. The number of halogens is 4. The van der Waals surface area contributed by atoms with Crippen molar-refractivity contribution in [1.29, 1.82) is 0 Å².